The number of carbonyl (C=O) groups excluding carboxylic acids is 1. The van der Waals surface area contributed by atoms with E-state index in [-0.39, 0.29) is 16.8 Å². The van der Waals surface area contributed by atoms with Gasteiger partial charge in [-0.3, -0.25) is 10.2 Å². The van der Waals surface area contributed by atoms with Crippen LogP contribution in [0.2, 0.25) is 0 Å². The Morgan fingerprint density at radius 1 is 1.25 bits per heavy atom. The highest BCUT2D eigenvalue weighted by Crippen LogP contribution is 2.28. The maximum absolute atomic E-state index is 12.4. The molecule has 0 aromatic heterocycles. The predicted molar refractivity (Wildman–Crippen MR) is 108 cm³/mol. The van der Waals surface area contributed by atoms with E-state index < -0.39 is 10.0 Å². The first-order valence-electron chi connectivity index (χ1n) is 9.64. The van der Waals surface area contributed by atoms with Gasteiger partial charge in [0, 0.05) is 19.4 Å². The van der Waals surface area contributed by atoms with Crippen LogP contribution in [0.3, 0.4) is 0 Å². The molecule has 2 aliphatic heterocycles. The van der Waals surface area contributed by atoms with Crippen molar-refractivity contribution in [2.75, 3.05) is 11.9 Å². The Bertz CT molecular complexity index is 952. The Morgan fingerprint density at radius 2 is 2.07 bits per heavy atom. The number of amides is 1. The summed E-state index contributed by atoms with van der Waals surface area (Å²) < 4.78 is 28.3. The molecule has 2 unspecified atom stereocenters. The van der Waals surface area contributed by atoms with Crippen LogP contribution >= 0.6 is 0 Å². The molecule has 1 aliphatic carbocycles. The van der Waals surface area contributed by atoms with Crippen LogP contribution in [0.15, 0.2) is 57.9 Å². The van der Waals surface area contributed by atoms with Crippen LogP contribution in [0, 0.1) is 5.92 Å². The van der Waals surface area contributed by atoms with Gasteiger partial charge in [0.25, 0.3) is 10.0 Å². The van der Waals surface area contributed by atoms with Crippen LogP contribution in [-0.4, -0.2) is 37.8 Å². The Balaban J connectivity index is 1.30. The van der Waals surface area contributed by atoms with Gasteiger partial charge in [0.1, 0.15) is 10.7 Å². The van der Waals surface area contributed by atoms with E-state index in [2.05, 4.69) is 33.4 Å². The smallest absolute Gasteiger partial charge is 0.286 e. The first-order chi connectivity index (χ1) is 13.5. The van der Waals surface area contributed by atoms with Gasteiger partial charge in [-0.2, -0.15) is 8.42 Å². The molecule has 0 radical (unpaired) electrons. The van der Waals surface area contributed by atoms with E-state index in [0.717, 1.165) is 19.4 Å². The maximum atomic E-state index is 12.4. The highest BCUT2D eigenvalue weighted by Gasteiger charge is 2.30. The fourth-order valence-corrected chi connectivity index (χ4v) is 5.10. The summed E-state index contributed by atoms with van der Waals surface area (Å²) in [5.74, 6) is 0.776. The van der Waals surface area contributed by atoms with Gasteiger partial charge < -0.3 is 5.32 Å². The third-order valence-corrected chi connectivity index (χ3v) is 6.65. The van der Waals surface area contributed by atoms with Crippen molar-refractivity contribution in [3.8, 4) is 0 Å². The van der Waals surface area contributed by atoms with Crippen molar-refractivity contribution >= 4 is 27.5 Å². The molecule has 28 heavy (non-hydrogen) atoms. The largest absolute Gasteiger partial charge is 0.342 e. The second-order valence-corrected chi connectivity index (χ2v) is 8.86. The van der Waals surface area contributed by atoms with Crippen LogP contribution in [0.5, 0.6) is 0 Å². The summed E-state index contributed by atoms with van der Waals surface area (Å²) in [6, 6.07) is 6.91. The van der Waals surface area contributed by atoms with Crippen molar-refractivity contribution in [3.05, 3.63) is 48.6 Å². The minimum absolute atomic E-state index is 0.0525. The maximum Gasteiger partial charge on any atom is 0.286 e. The van der Waals surface area contributed by atoms with Gasteiger partial charge >= 0.3 is 0 Å². The highest BCUT2D eigenvalue weighted by molar-refractivity contribution is 7.90. The third kappa shape index (κ3) is 4.02. The number of hydrogen-bond acceptors (Lipinski definition) is 5. The van der Waals surface area contributed by atoms with Gasteiger partial charge in [0.05, 0.1) is 11.7 Å². The van der Waals surface area contributed by atoms with Crippen molar-refractivity contribution in [3.63, 3.8) is 0 Å². The summed E-state index contributed by atoms with van der Waals surface area (Å²) in [7, 11) is -3.68. The average molecular weight is 401 g/mol. The second-order valence-electron chi connectivity index (χ2n) is 7.28. The van der Waals surface area contributed by atoms with E-state index in [1.54, 1.807) is 18.2 Å². The van der Waals surface area contributed by atoms with E-state index in [1.165, 1.54) is 6.07 Å². The van der Waals surface area contributed by atoms with Crippen molar-refractivity contribution in [1.29, 1.82) is 0 Å². The van der Waals surface area contributed by atoms with E-state index in [1.807, 2.05) is 11.1 Å². The quantitative estimate of drug-likeness (QED) is 0.793. The molecule has 7 nitrogen and oxygen atoms in total. The zero-order valence-electron chi connectivity index (χ0n) is 15.5. The number of carbonyl (C=O) groups is 1. The normalized spacial score (nSPS) is 25.2. The molecule has 0 bridgehead atoms. The van der Waals surface area contributed by atoms with Crippen molar-refractivity contribution in [1.82, 2.24) is 10.4 Å². The third-order valence-electron chi connectivity index (χ3n) is 5.27. The summed E-state index contributed by atoms with van der Waals surface area (Å²) in [6.45, 7) is 0.842. The highest BCUT2D eigenvalue weighted by atomic mass is 32.2. The molecular formula is C20H24N4O3S. The number of nitrogens with one attached hydrogen (secondary N) is 2. The summed E-state index contributed by atoms with van der Waals surface area (Å²) in [5.41, 5.74) is 3.55. The molecule has 3 aliphatic rings. The first kappa shape index (κ1) is 18.9. The average Bonchev–Trinajstić information content (AvgIpc) is 2.68. The number of para-hydroxylation sites is 1. The molecule has 8 heteroatoms. The molecule has 2 atom stereocenters. The molecule has 1 fully saturated rings. The zero-order chi connectivity index (χ0) is 19.6. The SMILES string of the molecule is O=C(CCCC1=NS(=O)(=O)c2ccccc2N1)NN1CCCC2C=CC=CC21. The lowest BCUT2D eigenvalue weighted by Gasteiger charge is -2.39. The fourth-order valence-electron chi connectivity index (χ4n) is 3.93. The zero-order valence-corrected chi connectivity index (χ0v) is 16.4. The van der Waals surface area contributed by atoms with Gasteiger partial charge in [-0.1, -0.05) is 36.4 Å². The number of anilines is 1. The van der Waals surface area contributed by atoms with Crippen LogP contribution in [0.4, 0.5) is 5.69 Å². The number of piperidine rings is 1. The molecule has 2 heterocycles. The number of hydrogen-bond donors (Lipinski definition) is 2. The Morgan fingerprint density at radius 3 is 2.96 bits per heavy atom. The molecule has 2 N–H and O–H groups in total. The number of fused-ring (bicyclic) bond motifs is 2. The van der Waals surface area contributed by atoms with E-state index in [4.69, 9.17) is 0 Å². The lowest BCUT2D eigenvalue weighted by Crippen LogP contribution is -2.53. The van der Waals surface area contributed by atoms with Gasteiger partial charge in [0.2, 0.25) is 5.91 Å². The molecule has 0 spiro atoms. The van der Waals surface area contributed by atoms with Crippen LogP contribution < -0.4 is 10.7 Å². The molecule has 1 aromatic carbocycles. The van der Waals surface area contributed by atoms with Gasteiger partial charge in [0.15, 0.2) is 0 Å². The predicted octanol–water partition coefficient (Wildman–Crippen LogP) is 2.61. The van der Waals surface area contributed by atoms with Gasteiger partial charge in [-0.25, -0.2) is 5.01 Å². The summed E-state index contributed by atoms with van der Waals surface area (Å²) in [5, 5.41) is 5.08. The lowest BCUT2D eigenvalue weighted by atomic mass is 9.87. The Hall–Kier alpha value is -2.45. The molecular weight excluding hydrogens is 376 g/mol. The van der Waals surface area contributed by atoms with Crippen molar-refractivity contribution in [2.45, 2.75) is 43.0 Å². The number of hydrazine groups is 1. The molecule has 1 amide bonds. The molecule has 0 saturated carbocycles. The Kier molecular flexibility index (Phi) is 5.32. The number of benzene rings is 1. The molecule has 1 aromatic rings. The number of sulfonamides is 1. The number of allylic oxidation sites excluding steroid dienone is 2. The van der Waals surface area contributed by atoms with Gasteiger partial charge in [-0.05, 0) is 37.3 Å². The van der Waals surface area contributed by atoms with E-state index in [0.29, 0.717) is 36.7 Å². The number of nitrogens with zero attached hydrogens (tertiary/aromatic N) is 2. The molecule has 148 valence electrons. The lowest BCUT2D eigenvalue weighted by molar-refractivity contribution is -0.127. The topological polar surface area (TPSA) is 90.9 Å². The van der Waals surface area contributed by atoms with Crippen molar-refractivity contribution in [2.24, 2.45) is 10.3 Å². The summed E-state index contributed by atoms with van der Waals surface area (Å²) in [6.07, 6.45) is 11.9. The first-order valence-corrected chi connectivity index (χ1v) is 11.1. The number of amidine groups is 1. The summed E-state index contributed by atoms with van der Waals surface area (Å²) >= 11 is 0. The standard InChI is InChI=1S/C20H24N4O3S/c25-20(22-24-14-6-8-15-7-1-3-10-17(15)24)13-5-12-19-21-16-9-2-4-11-18(16)28(26,27)23-19/h1-4,7,9-11,15,17H,5-6,8,12-14H2,(H,21,23)(H,22,25). The molecule has 4 rings (SSSR count). The fraction of sp³-hybridized carbons (Fsp3) is 0.400. The van der Waals surface area contributed by atoms with Crippen LogP contribution in [-0.2, 0) is 14.8 Å². The van der Waals surface area contributed by atoms with Gasteiger partial charge in [-0.15, -0.1) is 4.40 Å². The Labute approximate surface area is 165 Å². The van der Waals surface area contributed by atoms with E-state index >= 15 is 0 Å². The second kappa shape index (κ2) is 7.89. The summed E-state index contributed by atoms with van der Waals surface area (Å²) in [4.78, 5) is 12.6. The number of rotatable bonds is 5. The van der Waals surface area contributed by atoms with Crippen LogP contribution in [0.1, 0.15) is 32.1 Å². The van der Waals surface area contributed by atoms with E-state index in [9.17, 15) is 13.2 Å². The minimum Gasteiger partial charge on any atom is -0.342 e. The van der Waals surface area contributed by atoms with Crippen LogP contribution in [0.25, 0.3) is 0 Å². The minimum atomic E-state index is -3.68. The molecule has 1 saturated heterocycles. The van der Waals surface area contributed by atoms with Crippen molar-refractivity contribution < 1.29 is 13.2 Å². The monoisotopic (exact) mass is 400 g/mol.